The molecule has 0 unspecified atom stereocenters. The number of nitrogens with zero attached hydrogens (tertiary/aromatic N) is 1. The van der Waals surface area contributed by atoms with Crippen molar-refractivity contribution in [3.05, 3.63) is 64.8 Å². The molecule has 6 heteroatoms. The standard InChI is InChI=1S/C21H19ClN2O3/c22-14-5-6-18-16(11-14)20(17(12-23-18)13-7-9-27-10-8-13)24-19-4-2-1-3-15(19)21(25)26/h1-6,11-13H,7-10H2,(H,23,24)(H,25,26). The van der Waals surface area contributed by atoms with Gasteiger partial charge in [0.05, 0.1) is 22.5 Å². The molecule has 2 heterocycles. The third kappa shape index (κ3) is 3.61. The first-order valence-electron chi connectivity index (χ1n) is 8.89. The summed E-state index contributed by atoms with van der Waals surface area (Å²) in [4.78, 5) is 16.2. The van der Waals surface area contributed by atoms with Gasteiger partial charge in [-0.25, -0.2) is 4.79 Å². The molecule has 0 saturated carbocycles. The molecule has 0 radical (unpaired) electrons. The summed E-state index contributed by atoms with van der Waals surface area (Å²) in [6.45, 7) is 1.42. The van der Waals surface area contributed by atoms with E-state index in [1.165, 1.54) is 0 Å². The fraction of sp³-hybridized carbons (Fsp3) is 0.238. The van der Waals surface area contributed by atoms with Crippen LogP contribution in [0.4, 0.5) is 11.4 Å². The lowest BCUT2D eigenvalue weighted by Crippen LogP contribution is -2.16. The first kappa shape index (κ1) is 17.8. The number of rotatable bonds is 4. The zero-order valence-electron chi connectivity index (χ0n) is 14.6. The van der Waals surface area contributed by atoms with Crippen LogP contribution in [0, 0.1) is 0 Å². The highest BCUT2D eigenvalue weighted by Gasteiger charge is 2.22. The van der Waals surface area contributed by atoms with E-state index in [9.17, 15) is 9.90 Å². The fourth-order valence-corrected chi connectivity index (χ4v) is 3.72. The number of hydrogen-bond donors (Lipinski definition) is 2. The zero-order chi connectivity index (χ0) is 18.8. The highest BCUT2D eigenvalue weighted by molar-refractivity contribution is 6.31. The second kappa shape index (κ2) is 7.55. The van der Waals surface area contributed by atoms with Crippen LogP contribution in [0.25, 0.3) is 10.9 Å². The van der Waals surface area contributed by atoms with Crippen LogP contribution >= 0.6 is 11.6 Å². The minimum atomic E-state index is -0.970. The number of para-hydroxylation sites is 1. The van der Waals surface area contributed by atoms with Crippen LogP contribution in [0.5, 0.6) is 0 Å². The molecule has 27 heavy (non-hydrogen) atoms. The number of benzene rings is 2. The summed E-state index contributed by atoms with van der Waals surface area (Å²) < 4.78 is 5.50. The van der Waals surface area contributed by atoms with Gasteiger partial charge in [0, 0.05) is 29.8 Å². The molecule has 0 amide bonds. The van der Waals surface area contributed by atoms with Crippen LogP contribution in [0.15, 0.2) is 48.7 Å². The molecule has 2 N–H and O–H groups in total. The van der Waals surface area contributed by atoms with Gasteiger partial charge in [0.2, 0.25) is 0 Å². The van der Waals surface area contributed by atoms with Crippen molar-refractivity contribution < 1.29 is 14.6 Å². The van der Waals surface area contributed by atoms with Crippen molar-refractivity contribution in [3.63, 3.8) is 0 Å². The lowest BCUT2D eigenvalue weighted by molar-refractivity contribution is 0.0698. The van der Waals surface area contributed by atoms with Crippen LogP contribution in [-0.2, 0) is 4.74 Å². The number of aromatic nitrogens is 1. The summed E-state index contributed by atoms with van der Waals surface area (Å²) in [5, 5.41) is 14.4. The van der Waals surface area contributed by atoms with Crippen LogP contribution in [0.1, 0.15) is 34.7 Å². The monoisotopic (exact) mass is 382 g/mol. The molecule has 0 atom stereocenters. The summed E-state index contributed by atoms with van der Waals surface area (Å²) in [7, 11) is 0. The second-order valence-corrected chi connectivity index (χ2v) is 7.05. The minimum absolute atomic E-state index is 0.224. The maximum atomic E-state index is 11.6. The molecule has 5 nitrogen and oxygen atoms in total. The number of ether oxygens (including phenoxy) is 1. The average molecular weight is 383 g/mol. The molecule has 138 valence electrons. The summed E-state index contributed by atoms with van der Waals surface area (Å²) in [5.74, 6) is -0.670. The van der Waals surface area contributed by atoms with Gasteiger partial charge < -0.3 is 15.2 Å². The van der Waals surface area contributed by atoms with E-state index in [0.29, 0.717) is 29.8 Å². The predicted molar refractivity (Wildman–Crippen MR) is 106 cm³/mol. The van der Waals surface area contributed by atoms with Crippen molar-refractivity contribution in [2.24, 2.45) is 0 Å². The van der Waals surface area contributed by atoms with E-state index in [1.807, 2.05) is 24.4 Å². The summed E-state index contributed by atoms with van der Waals surface area (Å²) in [6.07, 6.45) is 3.70. The van der Waals surface area contributed by atoms with Gasteiger partial charge in [0.1, 0.15) is 0 Å². The smallest absolute Gasteiger partial charge is 0.337 e. The second-order valence-electron chi connectivity index (χ2n) is 6.61. The molecule has 1 fully saturated rings. The Hall–Kier alpha value is -2.63. The Morgan fingerprint density at radius 1 is 1.19 bits per heavy atom. The maximum absolute atomic E-state index is 11.6. The number of nitrogens with one attached hydrogen (secondary N) is 1. The van der Waals surface area contributed by atoms with Gasteiger partial charge in [0.25, 0.3) is 0 Å². The van der Waals surface area contributed by atoms with Crippen molar-refractivity contribution in [2.75, 3.05) is 18.5 Å². The maximum Gasteiger partial charge on any atom is 0.337 e. The number of carboxylic acid groups (broad SMARTS) is 1. The third-order valence-electron chi connectivity index (χ3n) is 4.94. The van der Waals surface area contributed by atoms with Crippen molar-refractivity contribution in [1.29, 1.82) is 0 Å². The topological polar surface area (TPSA) is 71.5 Å². The van der Waals surface area contributed by atoms with Crippen molar-refractivity contribution in [2.45, 2.75) is 18.8 Å². The van der Waals surface area contributed by atoms with Crippen LogP contribution in [-0.4, -0.2) is 29.3 Å². The molecule has 4 rings (SSSR count). The number of fused-ring (bicyclic) bond motifs is 1. The lowest BCUT2D eigenvalue weighted by Gasteiger charge is -2.26. The number of anilines is 2. The summed E-state index contributed by atoms with van der Waals surface area (Å²) >= 11 is 6.24. The molecule has 0 aliphatic carbocycles. The van der Waals surface area contributed by atoms with E-state index in [0.717, 1.165) is 35.0 Å². The first-order chi connectivity index (χ1) is 13.1. The van der Waals surface area contributed by atoms with E-state index >= 15 is 0 Å². The van der Waals surface area contributed by atoms with Gasteiger partial charge in [0.15, 0.2) is 0 Å². The molecule has 2 aromatic carbocycles. The number of carboxylic acids is 1. The molecule has 0 spiro atoms. The molecule has 0 bridgehead atoms. The Balaban J connectivity index is 1.88. The van der Waals surface area contributed by atoms with Gasteiger partial charge in [-0.15, -0.1) is 0 Å². The number of aromatic carboxylic acids is 1. The third-order valence-corrected chi connectivity index (χ3v) is 5.17. The summed E-state index contributed by atoms with van der Waals surface area (Å²) in [5.41, 5.74) is 3.51. The average Bonchev–Trinajstić information content (AvgIpc) is 2.69. The number of halogens is 1. The summed E-state index contributed by atoms with van der Waals surface area (Å²) in [6, 6.07) is 12.5. The van der Waals surface area contributed by atoms with E-state index < -0.39 is 5.97 Å². The number of pyridine rings is 1. The van der Waals surface area contributed by atoms with Gasteiger partial charge in [-0.1, -0.05) is 23.7 Å². The lowest BCUT2D eigenvalue weighted by atomic mass is 9.90. The van der Waals surface area contributed by atoms with Crippen molar-refractivity contribution >= 4 is 39.8 Å². The molecule has 1 aliphatic rings. The van der Waals surface area contributed by atoms with E-state index in [2.05, 4.69) is 10.3 Å². The molecule has 1 saturated heterocycles. The Bertz CT molecular complexity index is 1000. The molecule has 1 aliphatic heterocycles. The Morgan fingerprint density at radius 2 is 1.96 bits per heavy atom. The first-order valence-corrected chi connectivity index (χ1v) is 9.26. The van der Waals surface area contributed by atoms with Crippen LogP contribution in [0.2, 0.25) is 5.02 Å². The predicted octanol–water partition coefficient (Wildman–Crippen LogP) is 5.22. The van der Waals surface area contributed by atoms with Crippen molar-refractivity contribution in [1.82, 2.24) is 4.98 Å². The molecule has 3 aromatic rings. The van der Waals surface area contributed by atoms with E-state index in [-0.39, 0.29) is 5.56 Å². The highest BCUT2D eigenvalue weighted by Crippen LogP contribution is 2.38. The molecular formula is C21H19ClN2O3. The quantitative estimate of drug-likeness (QED) is 0.647. The van der Waals surface area contributed by atoms with Gasteiger partial charge in [-0.3, -0.25) is 4.98 Å². The Kier molecular flexibility index (Phi) is 4.97. The van der Waals surface area contributed by atoms with E-state index in [4.69, 9.17) is 16.3 Å². The normalized spacial score (nSPS) is 15.0. The van der Waals surface area contributed by atoms with Gasteiger partial charge in [-0.2, -0.15) is 0 Å². The number of carbonyl (C=O) groups is 1. The Morgan fingerprint density at radius 3 is 2.74 bits per heavy atom. The fourth-order valence-electron chi connectivity index (χ4n) is 3.55. The van der Waals surface area contributed by atoms with Crippen LogP contribution in [0.3, 0.4) is 0 Å². The largest absolute Gasteiger partial charge is 0.478 e. The van der Waals surface area contributed by atoms with Crippen LogP contribution < -0.4 is 5.32 Å². The molecule has 1 aromatic heterocycles. The SMILES string of the molecule is O=C(O)c1ccccc1Nc1c(C2CCOCC2)cnc2ccc(Cl)cc12. The van der Waals surface area contributed by atoms with Crippen molar-refractivity contribution in [3.8, 4) is 0 Å². The van der Waals surface area contributed by atoms with Gasteiger partial charge in [-0.05, 0) is 54.7 Å². The number of hydrogen-bond acceptors (Lipinski definition) is 4. The Labute approximate surface area is 161 Å². The van der Waals surface area contributed by atoms with E-state index in [1.54, 1.807) is 24.3 Å². The highest BCUT2D eigenvalue weighted by atomic mass is 35.5. The zero-order valence-corrected chi connectivity index (χ0v) is 15.4. The minimum Gasteiger partial charge on any atom is -0.478 e. The van der Waals surface area contributed by atoms with Gasteiger partial charge >= 0.3 is 5.97 Å². The molecular weight excluding hydrogens is 364 g/mol.